The molecule has 0 unspecified atom stereocenters. The molecule has 8 aromatic carbocycles. The van der Waals surface area contributed by atoms with Crippen LogP contribution in [0.15, 0.2) is 395 Å². The zero-order valence-corrected chi connectivity index (χ0v) is 89.2. The third kappa shape index (κ3) is 26.0. The molecule has 0 amide bonds. The largest absolute Gasteiger partial charge is 0.486 e. The molecule has 4 radical (unpaired) electrons. The third-order valence-corrected chi connectivity index (χ3v) is 25.6. The summed E-state index contributed by atoms with van der Waals surface area (Å²) in [6.07, 6.45) is 14.5. The number of hydrogen-bond acceptors (Lipinski definition) is 16. The monoisotopic (exact) mass is 2570 g/mol. The predicted molar refractivity (Wildman–Crippen MR) is 553 cm³/mol. The molecule has 0 aliphatic heterocycles. The minimum atomic E-state index is -2.26. The smallest absolute Gasteiger partial charge is 0.216 e. The molecule has 0 bridgehead atoms. The molecule has 0 atom stereocenters. The van der Waals surface area contributed by atoms with Gasteiger partial charge in [-0.15, -0.1) is 228 Å². The van der Waals surface area contributed by atoms with E-state index in [1.807, 2.05) is 300 Å². The molecule has 700 valence electrons. The van der Waals surface area contributed by atoms with Gasteiger partial charge < -0.3 is 57.5 Å². The van der Waals surface area contributed by atoms with E-state index in [1.165, 1.54) is 16.8 Å². The van der Waals surface area contributed by atoms with Gasteiger partial charge in [-0.25, -0.2) is 19.9 Å². The van der Waals surface area contributed by atoms with E-state index >= 15 is 0 Å². The van der Waals surface area contributed by atoms with Crippen molar-refractivity contribution in [2.24, 2.45) is 0 Å². The Morgan fingerprint density at radius 1 is 0.257 bits per heavy atom. The fraction of sp³-hybridized carbons (Fsp3) is 0.0847. The van der Waals surface area contributed by atoms with Crippen molar-refractivity contribution >= 4 is 115 Å². The van der Waals surface area contributed by atoms with E-state index in [2.05, 4.69) is 185 Å². The molecule has 0 saturated heterocycles. The molecule has 16 aromatic heterocycles. The van der Waals surface area contributed by atoms with E-state index < -0.39 is 23.0 Å². The van der Waals surface area contributed by atoms with Crippen molar-refractivity contribution < 1.29 is 102 Å². The number of nitrogens with zero attached hydrogens (tertiary/aromatic N) is 12. The van der Waals surface area contributed by atoms with Crippen LogP contribution in [0.5, 0.6) is 0 Å². The van der Waals surface area contributed by atoms with Crippen LogP contribution in [0.4, 0.5) is 0 Å². The minimum Gasteiger partial charge on any atom is -0.486 e. The summed E-state index contributed by atoms with van der Waals surface area (Å²) in [4.78, 5) is 52.5. The van der Waals surface area contributed by atoms with Crippen LogP contribution in [0.25, 0.3) is 178 Å². The van der Waals surface area contributed by atoms with Crippen LogP contribution in [0.2, 0.25) is 39.3 Å². The van der Waals surface area contributed by atoms with Gasteiger partial charge in [-0.2, -0.15) is 0 Å². The zero-order valence-electron chi connectivity index (χ0n) is 80.6. The summed E-state index contributed by atoms with van der Waals surface area (Å²) in [6.45, 7) is 17.5. The van der Waals surface area contributed by atoms with E-state index in [9.17, 15) is 0 Å². The van der Waals surface area contributed by atoms with Gasteiger partial charge in [0.1, 0.15) is 8.07 Å². The molecule has 140 heavy (non-hydrogen) atoms. The first-order valence-electron chi connectivity index (χ1n) is 45.7. The first kappa shape index (κ1) is 98.8. The first-order chi connectivity index (χ1) is 67.6. The maximum atomic E-state index is 7.47. The van der Waals surface area contributed by atoms with Crippen molar-refractivity contribution in [3.05, 3.63) is 448 Å². The molecule has 0 aliphatic rings. The minimum absolute atomic E-state index is 0. The Labute approximate surface area is 874 Å². The number of furan rings is 4. The molecular formula is C118H92Ir4N12O4Si2-8. The van der Waals surface area contributed by atoms with Gasteiger partial charge in [0.25, 0.3) is 0 Å². The summed E-state index contributed by atoms with van der Waals surface area (Å²) in [6, 6.07) is 131. The van der Waals surface area contributed by atoms with Crippen molar-refractivity contribution in [1.29, 1.82) is 0 Å². The van der Waals surface area contributed by atoms with Crippen molar-refractivity contribution in [3.63, 3.8) is 0 Å². The molecule has 22 heteroatoms. The average molecular weight is 2570 g/mol. The summed E-state index contributed by atoms with van der Waals surface area (Å²) in [7, 11) is -2.70. The maximum absolute atomic E-state index is 7.47. The van der Waals surface area contributed by atoms with E-state index in [-0.39, 0.29) is 86.1 Å². The van der Waals surface area contributed by atoms with E-state index in [1.54, 1.807) is 49.3 Å². The van der Waals surface area contributed by atoms with Crippen molar-refractivity contribution in [3.8, 4) is 90.1 Å². The van der Waals surface area contributed by atoms with Crippen LogP contribution < -0.4 is 10.5 Å². The van der Waals surface area contributed by atoms with Crippen LogP contribution in [-0.4, -0.2) is 76.0 Å². The quantitative estimate of drug-likeness (QED) is 0.0921. The predicted octanol–water partition coefficient (Wildman–Crippen LogP) is 27.9. The summed E-state index contributed by atoms with van der Waals surface area (Å²) >= 11 is 0. The molecule has 16 heterocycles. The molecule has 24 aromatic rings. The van der Waals surface area contributed by atoms with Crippen molar-refractivity contribution in [1.82, 2.24) is 59.8 Å². The van der Waals surface area contributed by atoms with Crippen LogP contribution in [-0.2, 0) is 80.4 Å². The van der Waals surface area contributed by atoms with Gasteiger partial charge in [0, 0.05) is 178 Å². The molecule has 0 saturated carbocycles. The van der Waals surface area contributed by atoms with Gasteiger partial charge in [-0.1, -0.05) is 169 Å². The Kier molecular flexibility index (Phi) is 34.5. The molecule has 0 fully saturated rings. The second-order valence-electron chi connectivity index (χ2n) is 33.6. The fourth-order valence-electron chi connectivity index (χ4n) is 14.7. The van der Waals surface area contributed by atoms with Crippen LogP contribution >= 0.6 is 0 Å². The zero-order chi connectivity index (χ0) is 96.3. The number of hydrogen-bond donors (Lipinski definition) is 0. The normalized spacial score (nSPS) is 11.1. The fourth-order valence-corrected chi connectivity index (χ4v) is 16.7. The molecule has 0 N–H and O–H groups in total. The average Bonchev–Trinajstić information content (AvgIpc) is 1.61. The van der Waals surface area contributed by atoms with Crippen LogP contribution in [0.3, 0.4) is 0 Å². The Morgan fingerprint density at radius 3 is 0.936 bits per heavy atom. The summed E-state index contributed by atoms with van der Waals surface area (Å²) in [5.74, 6) is 0. The maximum Gasteiger partial charge on any atom is 0.216 e. The van der Waals surface area contributed by atoms with Gasteiger partial charge in [0.15, 0.2) is 0 Å². The van der Waals surface area contributed by atoms with Crippen molar-refractivity contribution in [2.75, 3.05) is 0 Å². The van der Waals surface area contributed by atoms with Crippen molar-refractivity contribution in [2.45, 2.75) is 66.9 Å². The second-order valence-corrected chi connectivity index (χ2v) is 43.7. The summed E-state index contributed by atoms with van der Waals surface area (Å²) in [5.41, 5.74) is 23.5. The standard InChI is InChI=1S/C19H17N2OSi.3C17H11N2O.C14H16NSi.C12H10N.2C11H8N.4Ir/c1-23(2,3)17-11-10-14-13-7-6-8-15(16-9-4-5-12-20-16)18(13)22-19(14)21-17;1-11-8-9-13-12-5-4-6-14(15-7-2-3-10-18-15)16(12)20-17(13)19-11;2*1-11-5-7-13-14-10-12(15-4-2-3-9-18-15)6-8-16(14)20-17(13)19-11;1-16(2,3)13-9-10-14(15-11-13)12-7-5-4-6-8-12;1-10-7-8-12(13-9-10)11-5-3-2-4-6-11;2*1-2-6-10(7-3-1)11-8-4-5-9-12-11;;;;/h4-7,9-12H,1-3H3;3*2-5,7-10H,1H3;4-7,9-11H,1-3H3;2-5,7-9H,1H3;2*1-6,8-9H;;;;/q8*-1;;;;/i;1D3;;;;;;;;;;. The molecule has 0 spiro atoms. The Hall–Kier alpha value is -14.2. The number of rotatable bonds is 10. The topological polar surface area (TPSA) is 207 Å². The molecule has 0 aliphatic carbocycles. The SMILES string of the molecule is C[Si](C)(C)c1ccc(-c2[c-]cccc2)nc1.C[Si](C)(C)c1ccc2c(n1)oc1c(-c3ccccn3)[c-]ccc12.Cc1ccc(-c2[c-]cccc2)nc1.Cc1ccc2c(n1)oc1c[c-]c(-c3ccccn3)cc12.Cc1ccc2c(n1)oc1c[c-]c(-c3ccccn3)cc12.[2H]C([2H])([2H])c1ccc2c(n1)oc1c(-c3ccccn3)[c-]ccc12.[Ir].[Ir].[Ir].[Ir].[c-]1ccccc1-c1ccccn1.[c-]1ccccc1-c1ccccn1. The van der Waals surface area contributed by atoms with Gasteiger partial charge in [-0.05, 0) is 169 Å². The van der Waals surface area contributed by atoms with Crippen LogP contribution in [0.1, 0.15) is 26.8 Å². The third-order valence-electron chi connectivity index (χ3n) is 21.7. The Bertz CT molecular complexity index is 7730. The van der Waals surface area contributed by atoms with Gasteiger partial charge >= 0.3 is 0 Å². The molecular weight excluding hydrogens is 2470 g/mol. The second kappa shape index (κ2) is 48.9. The number of aromatic nitrogens is 12. The number of aryl methyl sites for hydroxylation is 4. The molecule has 16 nitrogen and oxygen atoms in total. The summed E-state index contributed by atoms with van der Waals surface area (Å²) < 4.78 is 45.9. The van der Waals surface area contributed by atoms with E-state index in [0.717, 1.165) is 167 Å². The Balaban J connectivity index is 0.000000138. The van der Waals surface area contributed by atoms with Crippen LogP contribution in [0, 0.1) is 76.2 Å². The number of pyridine rings is 12. The van der Waals surface area contributed by atoms with Gasteiger partial charge in [0.05, 0.1) is 30.4 Å². The van der Waals surface area contributed by atoms with Gasteiger partial charge in [0.2, 0.25) is 22.9 Å². The van der Waals surface area contributed by atoms with E-state index in [4.69, 9.17) is 26.8 Å². The van der Waals surface area contributed by atoms with Gasteiger partial charge in [-0.3, -0.25) is 0 Å². The van der Waals surface area contributed by atoms with E-state index in [0.29, 0.717) is 28.4 Å². The number of fused-ring (bicyclic) bond motifs is 12. The number of benzene rings is 8. The molecule has 24 rings (SSSR count). The summed E-state index contributed by atoms with van der Waals surface area (Å²) in [5, 5.41) is 10.5. The first-order valence-corrected chi connectivity index (χ1v) is 51.2. The Morgan fingerprint density at radius 2 is 0.593 bits per heavy atom.